The third kappa shape index (κ3) is 11.1. The molecule has 0 heterocycles. The molecule has 7 heteroatoms. The van der Waals surface area contributed by atoms with Crippen molar-refractivity contribution in [3.8, 4) is 0 Å². The average molecular weight is 347 g/mol. The van der Waals surface area contributed by atoms with E-state index in [0.717, 1.165) is 0 Å². The Morgan fingerprint density at radius 2 is 0.938 bits per heavy atom. The monoisotopic (exact) mass is 346 g/mol. The molecule has 0 aromatic carbocycles. The molecule has 0 aromatic heterocycles. The number of hydrogen-bond donors (Lipinski definition) is 3. The second kappa shape index (κ2) is 13.6. The molecule has 0 aliphatic heterocycles. The summed E-state index contributed by atoms with van der Waals surface area (Å²) < 4.78 is 16.2. The Morgan fingerprint density at radius 3 is 1.19 bits per heavy atom. The van der Waals surface area contributed by atoms with Gasteiger partial charge in [-0.3, -0.25) is 0 Å². The molecular weight excluding hydrogens is 326 g/mol. The first-order valence-corrected chi connectivity index (χ1v) is 8.49. The van der Waals surface area contributed by atoms with Crippen LogP contribution in [-0.4, -0.2) is 76.4 Å². The van der Waals surface area contributed by atoms with Crippen LogP contribution < -0.4 is 0 Å². The zero-order valence-corrected chi connectivity index (χ0v) is 11.9. The quantitative estimate of drug-likeness (QED) is 0.316. The SMILES string of the molecule is OCCC[O][Sb]([O]CCCO)[O]CCCO. The van der Waals surface area contributed by atoms with Gasteiger partial charge in [0.05, 0.1) is 0 Å². The maximum atomic E-state index is 8.60. The second-order valence-corrected chi connectivity index (χ2v) is 6.44. The van der Waals surface area contributed by atoms with E-state index < -0.39 is 21.5 Å². The molecule has 0 saturated heterocycles. The van der Waals surface area contributed by atoms with Crippen LogP contribution in [0.2, 0.25) is 0 Å². The molecule has 0 unspecified atom stereocenters. The maximum absolute atomic E-state index is 8.60. The Bertz CT molecular complexity index is 113. The molecule has 0 rings (SSSR count). The summed E-state index contributed by atoms with van der Waals surface area (Å²) in [5.41, 5.74) is 0. The molecule has 0 fully saturated rings. The molecule has 0 aromatic rings. The van der Waals surface area contributed by atoms with E-state index in [1.165, 1.54) is 0 Å². The van der Waals surface area contributed by atoms with Gasteiger partial charge < -0.3 is 0 Å². The summed E-state index contributed by atoms with van der Waals surface area (Å²) >= 11 is -2.60. The van der Waals surface area contributed by atoms with Gasteiger partial charge in [-0.1, -0.05) is 0 Å². The van der Waals surface area contributed by atoms with Crippen molar-refractivity contribution >= 4 is 21.5 Å². The molecule has 0 bridgehead atoms. The average Bonchev–Trinajstić information content (AvgIpc) is 2.29. The summed E-state index contributed by atoms with van der Waals surface area (Å²) in [6, 6.07) is 0. The predicted molar refractivity (Wildman–Crippen MR) is 58.7 cm³/mol. The van der Waals surface area contributed by atoms with Crippen molar-refractivity contribution in [1.82, 2.24) is 0 Å². The predicted octanol–water partition coefficient (Wildman–Crippen LogP) is -0.832. The van der Waals surface area contributed by atoms with Crippen molar-refractivity contribution in [2.75, 3.05) is 39.6 Å². The Balaban J connectivity index is 3.58. The molecule has 0 spiro atoms. The zero-order valence-electron chi connectivity index (χ0n) is 9.38. The third-order valence-corrected chi connectivity index (χ3v) is 4.87. The molecule has 6 nitrogen and oxygen atoms in total. The zero-order chi connectivity index (χ0) is 12.1. The van der Waals surface area contributed by atoms with Gasteiger partial charge in [0.25, 0.3) is 0 Å². The van der Waals surface area contributed by atoms with E-state index in [2.05, 4.69) is 0 Å². The van der Waals surface area contributed by atoms with Crippen LogP contribution in [0.5, 0.6) is 0 Å². The number of hydrogen-bond acceptors (Lipinski definition) is 6. The summed E-state index contributed by atoms with van der Waals surface area (Å²) in [7, 11) is 0. The van der Waals surface area contributed by atoms with Crippen LogP contribution in [0, 0.1) is 0 Å². The number of aliphatic hydroxyl groups excluding tert-OH is 3. The molecule has 0 aliphatic carbocycles. The first kappa shape index (κ1) is 16.6. The van der Waals surface area contributed by atoms with Gasteiger partial charge in [-0.25, -0.2) is 0 Å². The summed E-state index contributed by atoms with van der Waals surface area (Å²) in [4.78, 5) is 0. The Kier molecular flexibility index (Phi) is 14.1. The van der Waals surface area contributed by atoms with Gasteiger partial charge >= 0.3 is 105 Å². The van der Waals surface area contributed by atoms with Gasteiger partial charge in [0, 0.05) is 0 Å². The molecule has 3 N–H and O–H groups in total. The first-order chi connectivity index (χ1) is 7.85. The third-order valence-electron chi connectivity index (χ3n) is 1.50. The Morgan fingerprint density at radius 1 is 0.625 bits per heavy atom. The minimum absolute atomic E-state index is 0.0849. The number of aliphatic hydroxyl groups is 3. The standard InChI is InChI=1S/3C3H7O2.Sb/c3*4-2-1-3-5;/h3*4H,1-3H2;/q3*-1;+3. The van der Waals surface area contributed by atoms with Crippen LogP contribution in [0.3, 0.4) is 0 Å². The van der Waals surface area contributed by atoms with Crippen LogP contribution >= 0.6 is 0 Å². The van der Waals surface area contributed by atoms with E-state index in [0.29, 0.717) is 39.1 Å². The fourth-order valence-electron chi connectivity index (χ4n) is 0.723. The topological polar surface area (TPSA) is 88.4 Å². The van der Waals surface area contributed by atoms with Crippen molar-refractivity contribution in [2.45, 2.75) is 19.3 Å². The molecule has 0 saturated carbocycles. The van der Waals surface area contributed by atoms with Crippen LogP contribution in [0.25, 0.3) is 0 Å². The van der Waals surface area contributed by atoms with Gasteiger partial charge in [0.2, 0.25) is 0 Å². The minimum atomic E-state index is -2.60. The van der Waals surface area contributed by atoms with Crippen molar-refractivity contribution in [1.29, 1.82) is 0 Å². The van der Waals surface area contributed by atoms with Crippen molar-refractivity contribution < 1.29 is 24.4 Å². The molecule has 0 aliphatic rings. The molecular formula is C9H21O6Sb. The first-order valence-electron chi connectivity index (χ1n) is 5.36. The summed E-state index contributed by atoms with van der Waals surface area (Å²) in [5.74, 6) is 0. The summed E-state index contributed by atoms with van der Waals surface area (Å²) in [6.07, 6.45) is 1.69. The van der Waals surface area contributed by atoms with Gasteiger partial charge in [0.15, 0.2) is 0 Å². The fourth-order valence-corrected chi connectivity index (χ4v) is 3.74. The van der Waals surface area contributed by atoms with Crippen LogP contribution in [0.4, 0.5) is 0 Å². The van der Waals surface area contributed by atoms with Crippen LogP contribution in [0.15, 0.2) is 0 Å². The molecule has 16 heavy (non-hydrogen) atoms. The Hall–Kier alpha value is 0.578. The number of rotatable bonds is 12. The van der Waals surface area contributed by atoms with Crippen molar-refractivity contribution in [2.24, 2.45) is 0 Å². The van der Waals surface area contributed by atoms with Crippen molar-refractivity contribution in [3.63, 3.8) is 0 Å². The summed E-state index contributed by atoms with van der Waals surface area (Å²) in [6.45, 7) is 1.54. The molecule has 98 valence electrons. The van der Waals surface area contributed by atoms with E-state index in [4.69, 9.17) is 24.4 Å². The van der Waals surface area contributed by atoms with Crippen molar-refractivity contribution in [3.05, 3.63) is 0 Å². The van der Waals surface area contributed by atoms with E-state index in [9.17, 15) is 0 Å². The van der Waals surface area contributed by atoms with Crippen LogP contribution in [0.1, 0.15) is 19.3 Å². The van der Waals surface area contributed by atoms with Crippen LogP contribution in [-0.2, 0) is 9.05 Å². The molecule has 0 atom stereocenters. The summed E-state index contributed by atoms with van der Waals surface area (Å²) in [5, 5.41) is 25.8. The molecule has 0 amide bonds. The molecule has 0 radical (unpaired) electrons. The normalized spacial score (nSPS) is 11.2. The second-order valence-electron chi connectivity index (χ2n) is 2.95. The van der Waals surface area contributed by atoms with E-state index in [1.807, 2.05) is 0 Å². The van der Waals surface area contributed by atoms with Gasteiger partial charge in [-0.15, -0.1) is 0 Å². The fraction of sp³-hybridized carbons (Fsp3) is 1.00. The van der Waals surface area contributed by atoms with Gasteiger partial charge in [-0.05, 0) is 0 Å². The van der Waals surface area contributed by atoms with E-state index >= 15 is 0 Å². The van der Waals surface area contributed by atoms with Gasteiger partial charge in [-0.2, -0.15) is 0 Å². The van der Waals surface area contributed by atoms with E-state index in [-0.39, 0.29) is 19.8 Å². The Labute approximate surface area is 105 Å². The van der Waals surface area contributed by atoms with E-state index in [1.54, 1.807) is 0 Å². The van der Waals surface area contributed by atoms with Gasteiger partial charge in [0.1, 0.15) is 0 Å².